The van der Waals surface area contributed by atoms with Crippen molar-refractivity contribution >= 4 is 5.96 Å². The minimum absolute atomic E-state index is 0.540. The molecule has 0 bridgehead atoms. The molecular weight excluding hydrogens is 302 g/mol. The number of aryl methyl sites for hydroxylation is 1. The summed E-state index contributed by atoms with van der Waals surface area (Å²) in [7, 11) is 3.40. The molecular formula is C19H25N3O2. The minimum Gasteiger partial charge on any atom is -0.497 e. The second-order valence-corrected chi connectivity index (χ2v) is 5.31. The third-order valence-corrected chi connectivity index (χ3v) is 3.64. The van der Waals surface area contributed by atoms with E-state index < -0.39 is 0 Å². The minimum atomic E-state index is 0.540. The SMILES string of the molecule is CN=C(NCCOc1cccc(OC)c1)NCc1ccccc1C. The van der Waals surface area contributed by atoms with E-state index in [0.717, 1.165) is 24.0 Å². The third kappa shape index (κ3) is 5.50. The van der Waals surface area contributed by atoms with Gasteiger partial charge in [0.2, 0.25) is 0 Å². The Morgan fingerprint density at radius 3 is 2.58 bits per heavy atom. The number of aliphatic imine (C=N–C) groups is 1. The number of benzene rings is 2. The Labute approximate surface area is 143 Å². The quantitative estimate of drug-likeness (QED) is 0.466. The number of nitrogens with one attached hydrogen (secondary N) is 2. The van der Waals surface area contributed by atoms with E-state index in [4.69, 9.17) is 9.47 Å². The predicted molar refractivity (Wildman–Crippen MR) is 97.9 cm³/mol. The van der Waals surface area contributed by atoms with Crippen LogP contribution in [0, 0.1) is 6.92 Å². The van der Waals surface area contributed by atoms with E-state index in [0.29, 0.717) is 13.2 Å². The molecule has 0 aliphatic heterocycles. The van der Waals surface area contributed by atoms with Crippen LogP contribution in [-0.2, 0) is 6.54 Å². The first-order valence-corrected chi connectivity index (χ1v) is 7.99. The lowest BCUT2D eigenvalue weighted by Crippen LogP contribution is -2.39. The van der Waals surface area contributed by atoms with Gasteiger partial charge in [-0.25, -0.2) is 0 Å². The van der Waals surface area contributed by atoms with Crippen molar-refractivity contribution in [3.8, 4) is 11.5 Å². The third-order valence-electron chi connectivity index (χ3n) is 3.64. The van der Waals surface area contributed by atoms with Crippen LogP contribution in [0.25, 0.3) is 0 Å². The van der Waals surface area contributed by atoms with Gasteiger partial charge in [-0.1, -0.05) is 30.3 Å². The monoisotopic (exact) mass is 327 g/mol. The molecule has 2 aromatic rings. The molecule has 0 aliphatic carbocycles. The molecule has 0 saturated carbocycles. The summed E-state index contributed by atoms with van der Waals surface area (Å²) in [5.74, 6) is 2.34. The lowest BCUT2D eigenvalue weighted by Gasteiger charge is -2.13. The molecule has 24 heavy (non-hydrogen) atoms. The summed E-state index contributed by atoms with van der Waals surface area (Å²) in [5.41, 5.74) is 2.52. The summed E-state index contributed by atoms with van der Waals surface area (Å²) in [6, 6.07) is 15.9. The summed E-state index contributed by atoms with van der Waals surface area (Å²) >= 11 is 0. The van der Waals surface area contributed by atoms with Crippen molar-refractivity contribution < 1.29 is 9.47 Å². The van der Waals surface area contributed by atoms with E-state index in [2.05, 4.69) is 34.7 Å². The maximum Gasteiger partial charge on any atom is 0.191 e. The molecule has 2 rings (SSSR count). The molecule has 128 valence electrons. The largest absolute Gasteiger partial charge is 0.497 e. The fourth-order valence-corrected chi connectivity index (χ4v) is 2.24. The number of nitrogens with zero attached hydrogens (tertiary/aromatic N) is 1. The lowest BCUT2D eigenvalue weighted by molar-refractivity contribution is 0.319. The maximum atomic E-state index is 5.70. The van der Waals surface area contributed by atoms with Crippen LogP contribution in [0.2, 0.25) is 0 Å². The Balaban J connectivity index is 1.73. The second kappa shape index (κ2) is 9.45. The van der Waals surface area contributed by atoms with E-state index in [9.17, 15) is 0 Å². The summed E-state index contributed by atoms with van der Waals surface area (Å²) in [4.78, 5) is 4.22. The zero-order valence-corrected chi connectivity index (χ0v) is 14.5. The van der Waals surface area contributed by atoms with Crippen molar-refractivity contribution in [3.63, 3.8) is 0 Å². The molecule has 0 spiro atoms. The van der Waals surface area contributed by atoms with Gasteiger partial charge in [0.1, 0.15) is 18.1 Å². The van der Waals surface area contributed by atoms with Gasteiger partial charge in [0, 0.05) is 19.7 Å². The highest BCUT2D eigenvalue weighted by Crippen LogP contribution is 2.18. The van der Waals surface area contributed by atoms with Gasteiger partial charge in [-0.2, -0.15) is 0 Å². The van der Waals surface area contributed by atoms with Gasteiger partial charge >= 0.3 is 0 Å². The molecule has 5 nitrogen and oxygen atoms in total. The van der Waals surface area contributed by atoms with Gasteiger partial charge in [0.15, 0.2) is 5.96 Å². The highest BCUT2D eigenvalue weighted by Gasteiger charge is 2.01. The standard InChI is InChI=1S/C19H25N3O2/c1-15-7-4-5-8-16(15)14-22-19(20-2)21-11-12-24-18-10-6-9-17(13-18)23-3/h4-10,13H,11-12,14H2,1-3H3,(H2,20,21,22). The Bertz CT molecular complexity index is 671. The molecule has 0 aromatic heterocycles. The van der Waals surface area contributed by atoms with Crippen molar-refractivity contribution in [1.82, 2.24) is 10.6 Å². The van der Waals surface area contributed by atoms with Crippen LogP contribution in [0.5, 0.6) is 11.5 Å². The van der Waals surface area contributed by atoms with Crippen molar-refractivity contribution in [1.29, 1.82) is 0 Å². The average Bonchev–Trinajstić information content (AvgIpc) is 2.62. The smallest absolute Gasteiger partial charge is 0.191 e. The van der Waals surface area contributed by atoms with Crippen LogP contribution in [0.3, 0.4) is 0 Å². The Morgan fingerprint density at radius 1 is 1.04 bits per heavy atom. The van der Waals surface area contributed by atoms with Crippen molar-refractivity contribution in [3.05, 3.63) is 59.7 Å². The number of hydrogen-bond acceptors (Lipinski definition) is 3. The van der Waals surface area contributed by atoms with Crippen LogP contribution in [-0.4, -0.2) is 33.3 Å². The number of ether oxygens (including phenoxy) is 2. The Morgan fingerprint density at radius 2 is 1.83 bits per heavy atom. The molecule has 0 saturated heterocycles. The molecule has 0 unspecified atom stereocenters. The van der Waals surface area contributed by atoms with E-state index in [1.165, 1.54) is 11.1 Å². The van der Waals surface area contributed by atoms with Gasteiger partial charge in [-0.3, -0.25) is 4.99 Å². The first-order chi connectivity index (χ1) is 11.7. The van der Waals surface area contributed by atoms with Gasteiger partial charge in [-0.05, 0) is 30.2 Å². The summed E-state index contributed by atoms with van der Waals surface area (Å²) < 4.78 is 10.9. The number of rotatable bonds is 7. The van der Waals surface area contributed by atoms with Crippen molar-refractivity contribution in [2.75, 3.05) is 27.3 Å². The van der Waals surface area contributed by atoms with Crippen LogP contribution in [0.15, 0.2) is 53.5 Å². The first kappa shape index (κ1) is 17.7. The van der Waals surface area contributed by atoms with Gasteiger partial charge in [0.25, 0.3) is 0 Å². The van der Waals surface area contributed by atoms with Crippen molar-refractivity contribution in [2.45, 2.75) is 13.5 Å². The highest BCUT2D eigenvalue weighted by molar-refractivity contribution is 5.79. The summed E-state index contributed by atoms with van der Waals surface area (Å²) in [6.07, 6.45) is 0. The zero-order valence-electron chi connectivity index (χ0n) is 14.5. The molecule has 0 aliphatic rings. The van der Waals surface area contributed by atoms with Gasteiger partial charge in [-0.15, -0.1) is 0 Å². The van der Waals surface area contributed by atoms with Crippen molar-refractivity contribution in [2.24, 2.45) is 4.99 Å². The molecule has 2 N–H and O–H groups in total. The average molecular weight is 327 g/mol. The van der Waals surface area contributed by atoms with E-state index in [-0.39, 0.29) is 0 Å². The second-order valence-electron chi connectivity index (χ2n) is 5.31. The molecule has 0 fully saturated rings. The van der Waals surface area contributed by atoms with Gasteiger partial charge < -0.3 is 20.1 Å². The summed E-state index contributed by atoms with van der Waals surface area (Å²) in [5, 5.41) is 6.55. The fourth-order valence-electron chi connectivity index (χ4n) is 2.24. The maximum absolute atomic E-state index is 5.70. The molecule has 0 atom stereocenters. The Hall–Kier alpha value is -2.69. The van der Waals surface area contributed by atoms with Crippen LogP contribution >= 0.6 is 0 Å². The first-order valence-electron chi connectivity index (χ1n) is 7.99. The number of hydrogen-bond donors (Lipinski definition) is 2. The highest BCUT2D eigenvalue weighted by atomic mass is 16.5. The topological polar surface area (TPSA) is 54.9 Å². The molecule has 0 heterocycles. The summed E-state index contributed by atoms with van der Waals surface area (Å²) in [6.45, 7) is 4.04. The fraction of sp³-hybridized carbons (Fsp3) is 0.316. The van der Waals surface area contributed by atoms with Crippen LogP contribution in [0.1, 0.15) is 11.1 Å². The van der Waals surface area contributed by atoms with Gasteiger partial charge in [0.05, 0.1) is 13.7 Å². The Kier molecular flexibility index (Phi) is 6.95. The molecule has 2 aromatic carbocycles. The normalized spacial score (nSPS) is 11.0. The predicted octanol–water partition coefficient (Wildman–Crippen LogP) is 2.75. The van der Waals surface area contributed by atoms with E-state index >= 15 is 0 Å². The van der Waals surface area contributed by atoms with Crippen LogP contribution < -0.4 is 20.1 Å². The molecule has 0 amide bonds. The van der Waals surface area contributed by atoms with E-state index in [1.54, 1.807) is 14.2 Å². The molecule has 5 heteroatoms. The zero-order chi connectivity index (χ0) is 17.2. The van der Waals surface area contributed by atoms with E-state index in [1.807, 2.05) is 36.4 Å². The molecule has 0 radical (unpaired) electrons. The van der Waals surface area contributed by atoms with Crippen LogP contribution in [0.4, 0.5) is 0 Å². The lowest BCUT2D eigenvalue weighted by atomic mass is 10.1. The number of guanidine groups is 1. The number of methoxy groups -OCH3 is 1.